The molecular formula is C15H24O3. The summed E-state index contributed by atoms with van der Waals surface area (Å²) < 4.78 is 10.8. The lowest BCUT2D eigenvalue weighted by Crippen LogP contribution is -2.25. The van der Waals surface area contributed by atoms with Gasteiger partial charge in [0.25, 0.3) is 0 Å². The highest BCUT2D eigenvalue weighted by Crippen LogP contribution is 2.16. The van der Waals surface area contributed by atoms with Crippen molar-refractivity contribution in [3.63, 3.8) is 0 Å². The summed E-state index contributed by atoms with van der Waals surface area (Å²) in [5.41, 5.74) is 1.88. The van der Waals surface area contributed by atoms with Crippen LogP contribution in [0, 0.1) is 6.92 Å². The second-order valence-electron chi connectivity index (χ2n) is 5.22. The summed E-state index contributed by atoms with van der Waals surface area (Å²) in [6.07, 6.45) is 0.250. The third-order valence-electron chi connectivity index (χ3n) is 3.10. The second-order valence-corrected chi connectivity index (χ2v) is 5.22. The fourth-order valence-corrected chi connectivity index (χ4v) is 1.59. The minimum Gasteiger partial charge on any atom is -0.386 e. The van der Waals surface area contributed by atoms with E-state index in [0.29, 0.717) is 13.2 Å². The molecular weight excluding hydrogens is 228 g/mol. The van der Waals surface area contributed by atoms with Gasteiger partial charge in [-0.2, -0.15) is 0 Å². The zero-order chi connectivity index (χ0) is 13.6. The van der Waals surface area contributed by atoms with Crippen LogP contribution in [-0.4, -0.2) is 31.0 Å². The molecule has 1 N–H and O–H groups in total. The highest BCUT2D eigenvalue weighted by Gasteiger charge is 2.16. The van der Waals surface area contributed by atoms with Crippen molar-refractivity contribution in [2.24, 2.45) is 0 Å². The Kier molecular flexibility index (Phi) is 5.79. The lowest BCUT2D eigenvalue weighted by atomic mass is 10.1. The topological polar surface area (TPSA) is 38.7 Å². The smallest absolute Gasteiger partial charge is 0.102 e. The molecule has 0 saturated carbocycles. The van der Waals surface area contributed by atoms with Crippen LogP contribution in [0.5, 0.6) is 0 Å². The van der Waals surface area contributed by atoms with Crippen molar-refractivity contribution in [1.82, 2.24) is 0 Å². The molecule has 1 aromatic carbocycles. The van der Waals surface area contributed by atoms with Crippen molar-refractivity contribution in [1.29, 1.82) is 0 Å². The van der Waals surface area contributed by atoms with Gasteiger partial charge in [0.2, 0.25) is 0 Å². The Morgan fingerprint density at radius 2 is 2.06 bits per heavy atom. The van der Waals surface area contributed by atoms with Gasteiger partial charge in [0, 0.05) is 13.7 Å². The summed E-state index contributed by atoms with van der Waals surface area (Å²) in [7, 11) is 1.70. The summed E-state index contributed by atoms with van der Waals surface area (Å²) in [5.74, 6) is 0. The van der Waals surface area contributed by atoms with Crippen LogP contribution in [0.15, 0.2) is 24.3 Å². The third-order valence-corrected chi connectivity index (χ3v) is 3.10. The molecule has 0 aliphatic carbocycles. The van der Waals surface area contributed by atoms with Crippen LogP contribution in [0.4, 0.5) is 0 Å². The van der Waals surface area contributed by atoms with Gasteiger partial charge >= 0.3 is 0 Å². The number of aryl methyl sites for hydroxylation is 1. The summed E-state index contributed by atoms with van der Waals surface area (Å²) in [5, 5.41) is 9.98. The molecule has 0 aromatic heterocycles. The molecule has 0 bridgehead atoms. The first-order chi connectivity index (χ1) is 8.44. The first-order valence-corrected chi connectivity index (χ1v) is 6.32. The first kappa shape index (κ1) is 15.2. The standard InChI is InChI=1S/C15H24O3/c1-12-6-5-7-13(10-12)14(16)11-18-9-8-15(2,3)17-4/h5-7,10,14,16H,8-9,11H2,1-4H3. The molecule has 1 atom stereocenters. The van der Waals surface area contributed by atoms with Gasteiger partial charge in [-0.15, -0.1) is 0 Å². The Morgan fingerprint density at radius 1 is 1.33 bits per heavy atom. The lowest BCUT2D eigenvalue weighted by molar-refractivity contribution is -0.0249. The fourth-order valence-electron chi connectivity index (χ4n) is 1.59. The lowest BCUT2D eigenvalue weighted by Gasteiger charge is -2.22. The minimum atomic E-state index is -0.560. The van der Waals surface area contributed by atoms with Crippen molar-refractivity contribution >= 4 is 0 Å². The highest BCUT2D eigenvalue weighted by atomic mass is 16.5. The van der Waals surface area contributed by atoms with E-state index in [0.717, 1.165) is 17.5 Å². The summed E-state index contributed by atoms with van der Waals surface area (Å²) in [4.78, 5) is 0. The van der Waals surface area contributed by atoms with Gasteiger partial charge in [0.15, 0.2) is 0 Å². The molecule has 0 heterocycles. The fraction of sp³-hybridized carbons (Fsp3) is 0.600. The quantitative estimate of drug-likeness (QED) is 0.758. The van der Waals surface area contributed by atoms with Crippen molar-refractivity contribution in [3.8, 4) is 0 Å². The molecule has 3 nitrogen and oxygen atoms in total. The zero-order valence-corrected chi connectivity index (χ0v) is 11.8. The van der Waals surface area contributed by atoms with Crippen LogP contribution < -0.4 is 0 Å². The number of hydrogen-bond acceptors (Lipinski definition) is 3. The van der Waals surface area contributed by atoms with Gasteiger partial charge in [-0.25, -0.2) is 0 Å². The SMILES string of the molecule is COC(C)(C)CCOCC(O)c1cccc(C)c1. The van der Waals surface area contributed by atoms with Gasteiger partial charge in [-0.3, -0.25) is 0 Å². The Bertz CT molecular complexity index is 361. The number of hydrogen-bond donors (Lipinski definition) is 1. The van der Waals surface area contributed by atoms with Crippen LogP contribution in [0.2, 0.25) is 0 Å². The predicted octanol–water partition coefficient (Wildman–Crippen LogP) is 2.86. The second kappa shape index (κ2) is 6.88. The molecule has 1 aromatic rings. The number of aliphatic hydroxyl groups is 1. The van der Waals surface area contributed by atoms with Crippen LogP contribution >= 0.6 is 0 Å². The van der Waals surface area contributed by atoms with E-state index < -0.39 is 6.10 Å². The number of aliphatic hydroxyl groups excluding tert-OH is 1. The molecule has 0 radical (unpaired) electrons. The summed E-state index contributed by atoms with van der Waals surface area (Å²) in [6.45, 7) is 6.96. The Labute approximate surface area is 110 Å². The molecule has 0 spiro atoms. The maximum Gasteiger partial charge on any atom is 0.102 e. The Balaban J connectivity index is 2.32. The van der Waals surface area contributed by atoms with E-state index in [4.69, 9.17) is 9.47 Å². The van der Waals surface area contributed by atoms with Gasteiger partial charge < -0.3 is 14.6 Å². The molecule has 102 valence electrons. The van der Waals surface area contributed by atoms with Crippen molar-refractivity contribution in [3.05, 3.63) is 35.4 Å². The molecule has 18 heavy (non-hydrogen) atoms. The van der Waals surface area contributed by atoms with Crippen LogP contribution in [0.1, 0.15) is 37.5 Å². The maximum atomic E-state index is 9.98. The van der Waals surface area contributed by atoms with Crippen molar-refractivity contribution < 1.29 is 14.6 Å². The van der Waals surface area contributed by atoms with Gasteiger partial charge in [0.05, 0.1) is 12.2 Å². The number of ether oxygens (including phenoxy) is 2. The van der Waals surface area contributed by atoms with Gasteiger partial charge in [-0.05, 0) is 32.8 Å². The van der Waals surface area contributed by atoms with E-state index in [2.05, 4.69) is 0 Å². The van der Waals surface area contributed by atoms with E-state index >= 15 is 0 Å². The third kappa shape index (κ3) is 5.17. The maximum absolute atomic E-state index is 9.98. The zero-order valence-electron chi connectivity index (χ0n) is 11.8. The van der Waals surface area contributed by atoms with Gasteiger partial charge in [-0.1, -0.05) is 29.8 Å². The van der Waals surface area contributed by atoms with Gasteiger partial charge in [0.1, 0.15) is 6.10 Å². The van der Waals surface area contributed by atoms with Crippen LogP contribution in [0.3, 0.4) is 0 Å². The van der Waals surface area contributed by atoms with E-state index in [9.17, 15) is 5.11 Å². The monoisotopic (exact) mass is 252 g/mol. The Hall–Kier alpha value is -0.900. The molecule has 3 heteroatoms. The molecule has 0 amide bonds. The first-order valence-electron chi connectivity index (χ1n) is 6.32. The van der Waals surface area contributed by atoms with E-state index in [1.54, 1.807) is 7.11 Å². The largest absolute Gasteiger partial charge is 0.386 e. The minimum absolute atomic E-state index is 0.172. The van der Waals surface area contributed by atoms with E-state index in [1.807, 2.05) is 45.0 Å². The highest BCUT2D eigenvalue weighted by molar-refractivity contribution is 5.23. The number of methoxy groups -OCH3 is 1. The summed E-state index contributed by atoms with van der Waals surface area (Å²) >= 11 is 0. The molecule has 0 saturated heterocycles. The van der Waals surface area contributed by atoms with Crippen LogP contribution in [-0.2, 0) is 9.47 Å². The summed E-state index contributed by atoms with van der Waals surface area (Å²) in [6, 6.07) is 7.85. The molecule has 0 aliphatic heterocycles. The normalized spacial score (nSPS) is 13.6. The molecule has 1 rings (SSSR count). The van der Waals surface area contributed by atoms with Crippen LogP contribution in [0.25, 0.3) is 0 Å². The van der Waals surface area contributed by atoms with Crippen molar-refractivity contribution in [2.45, 2.75) is 38.9 Å². The molecule has 0 aliphatic rings. The van der Waals surface area contributed by atoms with E-state index in [-0.39, 0.29) is 5.60 Å². The number of benzene rings is 1. The molecule has 1 unspecified atom stereocenters. The van der Waals surface area contributed by atoms with Crippen molar-refractivity contribution in [2.75, 3.05) is 20.3 Å². The Morgan fingerprint density at radius 3 is 2.67 bits per heavy atom. The average Bonchev–Trinajstić information content (AvgIpc) is 2.34. The molecule has 0 fully saturated rings. The average molecular weight is 252 g/mol. The predicted molar refractivity (Wildman–Crippen MR) is 72.7 cm³/mol. The van der Waals surface area contributed by atoms with E-state index in [1.165, 1.54) is 0 Å². The number of rotatable bonds is 7.